The Kier molecular flexibility index (Phi) is 7.75. The average Bonchev–Trinajstić information content (AvgIpc) is 3.13. The number of aliphatic hydroxyl groups excluding tert-OH is 3. The Balaban J connectivity index is 1.36. The predicted molar refractivity (Wildman–Crippen MR) is 142 cm³/mol. The Labute approximate surface area is 235 Å². The molecule has 0 radical (unpaired) electrons. The van der Waals surface area contributed by atoms with E-state index < -0.39 is 60.8 Å². The molecule has 3 aliphatic rings. The fourth-order valence-corrected chi connectivity index (χ4v) is 5.66. The van der Waals surface area contributed by atoms with Crippen LogP contribution in [0.3, 0.4) is 0 Å². The molecule has 11 nitrogen and oxygen atoms in total. The van der Waals surface area contributed by atoms with Crippen LogP contribution < -0.4 is 0 Å². The largest absolute Gasteiger partial charge is 0.508 e. The second-order valence-corrected chi connectivity index (χ2v) is 11.0. The van der Waals surface area contributed by atoms with Crippen LogP contribution in [0.25, 0.3) is 6.08 Å². The van der Waals surface area contributed by atoms with Crippen molar-refractivity contribution in [3.63, 3.8) is 0 Å². The quantitative estimate of drug-likeness (QED) is 0.296. The van der Waals surface area contributed by atoms with E-state index in [1.807, 2.05) is 0 Å². The number of esters is 2. The van der Waals surface area contributed by atoms with Crippen LogP contribution in [0, 0.1) is 12.3 Å². The molecule has 0 spiro atoms. The van der Waals surface area contributed by atoms with Gasteiger partial charge in [0.15, 0.2) is 18.2 Å². The van der Waals surface area contributed by atoms with Gasteiger partial charge in [-0.05, 0) is 67.3 Å². The third-order valence-corrected chi connectivity index (χ3v) is 7.94. The lowest BCUT2D eigenvalue weighted by molar-refractivity contribution is -0.318. The average molecular weight is 569 g/mol. The van der Waals surface area contributed by atoms with Crippen LogP contribution in [-0.2, 0) is 30.2 Å². The Morgan fingerprint density at radius 2 is 1.85 bits per heavy atom. The van der Waals surface area contributed by atoms with Crippen LogP contribution in [0.15, 0.2) is 36.4 Å². The number of cyclic esters (lactones) is 1. The van der Waals surface area contributed by atoms with E-state index in [-0.39, 0.29) is 18.1 Å². The molecule has 0 saturated carbocycles. The highest BCUT2D eigenvalue weighted by molar-refractivity contribution is 6.08. The zero-order chi connectivity index (χ0) is 29.6. The highest BCUT2D eigenvalue weighted by atomic mass is 16.7. The number of phenolic OH excluding ortho intramolecular Hbond substituents is 1. The molecule has 2 aromatic rings. The number of benzene rings is 2. The first-order chi connectivity index (χ1) is 19.4. The fourth-order valence-electron chi connectivity index (χ4n) is 5.66. The number of hydrogen-bond donors (Lipinski definition) is 4. The van der Waals surface area contributed by atoms with Gasteiger partial charge in [-0.2, -0.15) is 0 Å². The van der Waals surface area contributed by atoms with E-state index in [9.17, 15) is 34.8 Å². The summed E-state index contributed by atoms with van der Waals surface area (Å²) in [5.41, 5.74) is 2.12. The Bertz CT molecular complexity index is 1390. The molecule has 11 heteroatoms. The summed E-state index contributed by atoms with van der Waals surface area (Å²) in [5, 5.41) is 41.2. The maximum absolute atomic E-state index is 13.5. The first-order valence-corrected chi connectivity index (χ1v) is 13.3. The monoisotopic (exact) mass is 568 g/mol. The number of carbonyl (C=O) groups excluding carboxylic acids is 3. The predicted octanol–water partition coefficient (Wildman–Crippen LogP) is 1.76. The highest BCUT2D eigenvalue weighted by Gasteiger charge is 2.53. The van der Waals surface area contributed by atoms with Gasteiger partial charge in [0, 0.05) is 18.1 Å². The van der Waals surface area contributed by atoms with Crippen LogP contribution >= 0.6 is 0 Å². The molecule has 218 valence electrons. The maximum atomic E-state index is 13.5. The van der Waals surface area contributed by atoms with Gasteiger partial charge in [-0.1, -0.05) is 12.1 Å². The van der Waals surface area contributed by atoms with Crippen LogP contribution in [0.5, 0.6) is 5.75 Å². The van der Waals surface area contributed by atoms with Gasteiger partial charge in [-0.15, -0.1) is 0 Å². The van der Waals surface area contributed by atoms with Crippen molar-refractivity contribution in [2.24, 2.45) is 5.41 Å². The molecule has 0 aromatic heterocycles. The Morgan fingerprint density at radius 1 is 1.15 bits per heavy atom. The molecule has 1 fully saturated rings. The molecule has 0 amide bonds. The summed E-state index contributed by atoms with van der Waals surface area (Å²) < 4.78 is 22.4. The standard InChI is InChI=1S/C30H32O11/c1-14-17-10-11-38-28(37)18(17)12-19-22(14)26(36)30(2,3)27(19)41-29-24(35)23(34)25(20(13-31)39-29)40-21(33)9-6-15-4-7-16(32)8-5-15/h4-9,12,20,23-25,27,29,31-32,34-35H,10-11,13H2,1-3H3/t20-,23-,24-,25-,27-,29+/m1/s1. The number of aromatic hydroxyl groups is 1. The summed E-state index contributed by atoms with van der Waals surface area (Å²) in [6, 6.07) is 7.63. The number of Topliss-reactive ketones (excluding diaryl/α,β-unsaturated/α-hetero) is 1. The smallest absolute Gasteiger partial charge is 0.338 e. The molecule has 4 N–H and O–H groups in total. The minimum Gasteiger partial charge on any atom is -0.508 e. The summed E-state index contributed by atoms with van der Waals surface area (Å²) in [4.78, 5) is 38.5. The van der Waals surface area contributed by atoms with Gasteiger partial charge in [0.2, 0.25) is 0 Å². The van der Waals surface area contributed by atoms with Gasteiger partial charge in [-0.25, -0.2) is 9.59 Å². The van der Waals surface area contributed by atoms with Gasteiger partial charge in [-0.3, -0.25) is 4.79 Å². The third kappa shape index (κ3) is 5.15. The molecule has 2 aliphatic heterocycles. The molecule has 1 aliphatic carbocycles. The molecule has 2 heterocycles. The lowest BCUT2D eigenvalue weighted by Crippen LogP contribution is -2.60. The Morgan fingerprint density at radius 3 is 2.54 bits per heavy atom. The number of rotatable bonds is 6. The third-order valence-electron chi connectivity index (χ3n) is 7.94. The summed E-state index contributed by atoms with van der Waals surface area (Å²) in [5.74, 6) is -1.50. The minimum atomic E-state index is -1.71. The van der Waals surface area contributed by atoms with Crippen LogP contribution in [0.2, 0.25) is 0 Å². The van der Waals surface area contributed by atoms with E-state index in [2.05, 4.69) is 0 Å². The van der Waals surface area contributed by atoms with Crippen molar-refractivity contribution in [3.05, 3.63) is 69.8 Å². The number of fused-ring (bicyclic) bond motifs is 2. The number of hydrogen-bond acceptors (Lipinski definition) is 11. The van der Waals surface area contributed by atoms with Crippen molar-refractivity contribution in [3.8, 4) is 5.75 Å². The van der Waals surface area contributed by atoms with Crippen molar-refractivity contribution >= 4 is 23.8 Å². The number of carbonyl (C=O) groups is 3. The van der Waals surface area contributed by atoms with Crippen molar-refractivity contribution in [1.29, 1.82) is 0 Å². The van der Waals surface area contributed by atoms with E-state index in [4.69, 9.17) is 18.9 Å². The normalized spacial score (nSPS) is 28.7. The molecule has 2 aromatic carbocycles. The summed E-state index contributed by atoms with van der Waals surface area (Å²) in [7, 11) is 0. The topological polar surface area (TPSA) is 169 Å². The van der Waals surface area contributed by atoms with Crippen molar-refractivity contribution < 1.29 is 53.8 Å². The number of phenols is 1. The van der Waals surface area contributed by atoms with Gasteiger partial charge < -0.3 is 39.4 Å². The van der Waals surface area contributed by atoms with Gasteiger partial charge in [0.1, 0.15) is 24.1 Å². The van der Waals surface area contributed by atoms with Gasteiger partial charge in [0.25, 0.3) is 0 Å². The Hall–Kier alpha value is -3.61. The zero-order valence-corrected chi connectivity index (χ0v) is 22.8. The van der Waals surface area contributed by atoms with E-state index in [1.165, 1.54) is 18.2 Å². The molecule has 0 unspecified atom stereocenters. The lowest BCUT2D eigenvalue weighted by atomic mass is 9.86. The molecule has 41 heavy (non-hydrogen) atoms. The molecular weight excluding hydrogens is 536 g/mol. The SMILES string of the molecule is Cc1c2c(cc3c1C(=O)C(C)(C)[C@@H]3O[C@@H]1O[C@H](CO)[C@@H](OC(=O)C=Cc3ccc(O)cc3)[C@H](O)[C@H]1O)C(=O)OCC2. The highest BCUT2D eigenvalue weighted by Crippen LogP contribution is 2.51. The van der Waals surface area contributed by atoms with Crippen LogP contribution in [-0.4, -0.2) is 82.1 Å². The minimum absolute atomic E-state index is 0.0644. The molecular formula is C30H32O11. The second kappa shape index (κ2) is 11.0. The van der Waals surface area contributed by atoms with E-state index in [0.717, 1.165) is 11.6 Å². The van der Waals surface area contributed by atoms with Crippen LogP contribution in [0.1, 0.15) is 62.9 Å². The molecule has 5 rings (SSSR count). The number of ketones is 1. The van der Waals surface area contributed by atoms with Crippen molar-refractivity contribution in [2.45, 2.75) is 64.0 Å². The second-order valence-electron chi connectivity index (χ2n) is 11.0. The molecule has 6 atom stereocenters. The van der Waals surface area contributed by atoms with Crippen molar-refractivity contribution in [1.82, 2.24) is 0 Å². The van der Waals surface area contributed by atoms with E-state index in [0.29, 0.717) is 34.2 Å². The van der Waals surface area contributed by atoms with E-state index in [1.54, 1.807) is 39.0 Å². The van der Waals surface area contributed by atoms with Gasteiger partial charge in [0.05, 0.1) is 30.3 Å². The zero-order valence-electron chi connectivity index (χ0n) is 22.8. The first kappa shape index (κ1) is 28.9. The van der Waals surface area contributed by atoms with Gasteiger partial charge >= 0.3 is 11.9 Å². The lowest BCUT2D eigenvalue weighted by Gasteiger charge is -2.43. The van der Waals surface area contributed by atoms with E-state index >= 15 is 0 Å². The summed E-state index contributed by atoms with van der Waals surface area (Å²) in [6.07, 6.45) is -5.56. The maximum Gasteiger partial charge on any atom is 0.338 e. The molecule has 0 bridgehead atoms. The van der Waals surface area contributed by atoms with Crippen molar-refractivity contribution in [2.75, 3.05) is 13.2 Å². The summed E-state index contributed by atoms with van der Waals surface area (Å²) >= 11 is 0. The number of ether oxygens (including phenoxy) is 4. The fraction of sp³-hybridized carbons (Fsp3) is 0.433. The first-order valence-electron chi connectivity index (χ1n) is 13.3. The molecule has 1 saturated heterocycles. The van der Waals surface area contributed by atoms with Crippen LogP contribution in [0.4, 0.5) is 0 Å². The summed E-state index contributed by atoms with van der Waals surface area (Å²) in [6.45, 7) is 4.68. The number of aliphatic hydroxyl groups is 3.